The molecule has 1 aliphatic heterocycles. The zero-order valence-electron chi connectivity index (χ0n) is 15.3. The molecule has 0 saturated carbocycles. The predicted molar refractivity (Wildman–Crippen MR) is 104 cm³/mol. The zero-order chi connectivity index (χ0) is 18.9. The van der Waals surface area contributed by atoms with Crippen molar-refractivity contribution < 1.29 is 23.7 Å². The number of nitrogens with two attached hydrogens (primary N) is 2. The van der Waals surface area contributed by atoms with Crippen LogP contribution in [0.2, 0.25) is 0 Å². The number of fused-ring (bicyclic) bond motifs is 3. The van der Waals surface area contributed by atoms with E-state index < -0.39 is 0 Å². The molecule has 0 saturated heterocycles. The lowest BCUT2D eigenvalue weighted by Gasteiger charge is -2.16. The van der Waals surface area contributed by atoms with Crippen molar-refractivity contribution in [3.05, 3.63) is 36.4 Å². The van der Waals surface area contributed by atoms with Gasteiger partial charge in [0, 0.05) is 22.5 Å². The molecule has 7 heteroatoms. The molecule has 0 aromatic heterocycles. The van der Waals surface area contributed by atoms with Gasteiger partial charge in [0.15, 0.2) is 0 Å². The summed E-state index contributed by atoms with van der Waals surface area (Å²) in [5.74, 6) is 1.39. The molecule has 3 rings (SSSR count). The van der Waals surface area contributed by atoms with Gasteiger partial charge in [-0.05, 0) is 36.4 Å². The fraction of sp³-hybridized carbons (Fsp3) is 0.400. The quantitative estimate of drug-likeness (QED) is 0.683. The van der Waals surface area contributed by atoms with Crippen molar-refractivity contribution in [3.8, 4) is 22.6 Å². The lowest BCUT2D eigenvalue weighted by molar-refractivity contribution is 0.00520. The van der Waals surface area contributed by atoms with E-state index in [-0.39, 0.29) is 0 Å². The van der Waals surface area contributed by atoms with Crippen LogP contribution < -0.4 is 20.9 Å². The van der Waals surface area contributed by atoms with Crippen LogP contribution >= 0.6 is 0 Å². The van der Waals surface area contributed by atoms with Gasteiger partial charge in [-0.1, -0.05) is 0 Å². The molecule has 0 aliphatic carbocycles. The molecule has 0 atom stereocenters. The van der Waals surface area contributed by atoms with Gasteiger partial charge in [0.05, 0.1) is 39.6 Å². The maximum Gasteiger partial charge on any atom is 0.127 e. The Balaban J connectivity index is 1.87. The maximum absolute atomic E-state index is 6.01. The number of anilines is 2. The fourth-order valence-corrected chi connectivity index (χ4v) is 2.73. The Labute approximate surface area is 159 Å². The molecule has 146 valence electrons. The van der Waals surface area contributed by atoms with Gasteiger partial charge >= 0.3 is 0 Å². The van der Waals surface area contributed by atoms with Gasteiger partial charge < -0.3 is 35.2 Å². The first kappa shape index (κ1) is 19.3. The molecule has 0 fully saturated rings. The summed E-state index contributed by atoms with van der Waals surface area (Å²) < 4.78 is 28.3. The molecule has 4 N–H and O–H groups in total. The van der Waals surface area contributed by atoms with Crippen molar-refractivity contribution >= 4 is 11.4 Å². The molecule has 2 aromatic carbocycles. The van der Waals surface area contributed by atoms with Crippen LogP contribution in [0, 0.1) is 0 Å². The first-order valence-electron chi connectivity index (χ1n) is 9.02. The van der Waals surface area contributed by atoms with E-state index in [1.807, 2.05) is 24.3 Å². The van der Waals surface area contributed by atoms with Crippen molar-refractivity contribution in [3.63, 3.8) is 0 Å². The molecule has 0 radical (unpaired) electrons. The topological polar surface area (TPSA) is 98.2 Å². The Bertz CT molecular complexity index is 677. The normalized spacial score (nSPS) is 16.9. The minimum Gasteiger partial charge on any atom is -0.491 e. The van der Waals surface area contributed by atoms with Gasteiger partial charge in [-0.25, -0.2) is 0 Å². The number of hydrogen-bond donors (Lipinski definition) is 2. The second-order valence-corrected chi connectivity index (χ2v) is 6.05. The number of nitrogen functional groups attached to an aromatic ring is 2. The SMILES string of the molecule is Nc1ccc2c(c1)-c1cc(N)ccc1OCCOCCOCCOCCO2. The van der Waals surface area contributed by atoms with E-state index in [0.717, 1.165) is 11.1 Å². The Morgan fingerprint density at radius 3 is 1.30 bits per heavy atom. The van der Waals surface area contributed by atoms with Crippen LogP contribution in [-0.4, -0.2) is 52.9 Å². The molecule has 7 nitrogen and oxygen atoms in total. The van der Waals surface area contributed by atoms with E-state index in [4.69, 9.17) is 35.2 Å². The van der Waals surface area contributed by atoms with E-state index in [1.54, 1.807) is 12.1 Å². The first-order chi connectivity index (χ1) is 13.2. The van der Waals surface area contributed by atoms with Crippen molar-refractivity contribution in [2.45, 2.75) is 0 Å². The second-order valence-electron chi connectivity index (χ2n) is 6.05. The summed E-state index contributed by atoms with van der Waals surface area (Å²) in [4.78, 5) is 0. The third kappa shape index (κ3) is 5.75. The highest BCUT2D eigenvalue weighted by molar-refractivity contribution is 5.80. The van der Waals surface area contributed by atoms with Crippen LogP contribution in [0.15, 0.2) is 36.4 Å². The van der Waals surface area contributed by atoms with Crippen LogP contribution in [0.4, 0.5) is 11.4 Å². The van der Waals surface area contributed by atoms with Crippen molar-refractivity contribution in [2.75, 3.05) is 64.3 Å². The Morgan fingerprint density at radius 1 is 0.519 bits per heavy atom. The molecule has 27 heavy (non-hydrogen) atoms. The maximum atomic E-state index is 6.01. The third-order valence-electron chi connectivity index (χ3n) is 4.01. The van der Waals surface area contributed by atoms with Crippen LogP contribution in [0.5, 0.6) is 11.5 Å². The highest BCUT2D eigenvalue weighted by Crippen LogP contribution is 2.39. The summed E-state index contributed by atoms with van der Waals surface area (Å²) in [7, 11) is 0. The molecular weight excluding hydrogens is 348 g/mol. The van der Waals surface area contributed by atoms with E-state index in [0.29, 0.717) is 75.7 Å². The molecule has 0 unspecified atom stereocenters. The van der Waals surface area contributed by atoms with Crippen LogP contribution in [0.3, 0.4) is 0 Å². The van der Waals surface area contributed by atoms with Crippen LogP contribution in [-0.2, 0) is 14.2 Å². The number of hydrogen-bond acceptors (Lipinski definition) is 7. The standard InChI is InChI=1S/C20H26N2O5/c21-15-1-3-19-17(13-15)18-14-16(22)2-4-20(18)27-12-10-25-8-6-23-5-7-24-9-11-26-19/h1-4,13-14H,5-12,21-22H2. The zero-order valence-corrected chi connectivity index (χ0v) is 15.3. The van der Waals surface area contributed by atoms with Gasteiger partial charge in [0.1, 0.15) is 24.7 Å². The minimum atomic E-state index is 0.415. The first-order valence-corrected chi connectivity index (χ1v) is 9.02. The number of benzene rings is 2. The average Bonchev–Trinajstić information content (AvgIpc) is 2.67. The van der Waals surface area contributed by atoms with Gasteiger partial charge in [-0.2, -0.15) is 0 Å². The van der Waals surface area contributed by atoms with E-state index in [2.05, 4.69) is 0 Å². The lowest BCUT2D eigenvalue weighted by Crippen LogP contribution is -2.14. The molecule has 1 heterocycles. The molecular formula is C20H26N2O5. The third-order valence-corrected chi connectivity index (χ3v) is 4.01. The smallest absolute Gasteiger partial charge is 0.127 e. The predicted octanol–water partition coefficient (Wildman–Crippen LogP) is 2.34. The van der Waals surface area contributed by atoms with Gasteiger partial charge in [-0.3, -0.25) is 0 Å². The van der Waals surface area contributed by atoms with Gasteiger partial charge in [0.25, 0.3) is 0 Å². The molecule has 1 aliphatic rings. The minimum absolute atomic E-state index is 0.415. The summed E-state index contributed by atoms with van der Waals surface area (Å²) in [5.41, 5.74) is 14.9. The van der Waals surface area contributed by atoms with Gasteiger partial charge in [0.2, 0.25) is 0 Å². The van der Waals surface area contributed by atoms with Crippen LogP contribution in [0.25, 0.3) is 11.1 Å². The summed E-state index contributed by atoms with van der Waals surface area (Å²) in [5, 5.41) is 0. The molecule has 2 aromatic rings. The Hall–Kier alpha value is -2.48. The highest BCUT2D eigenvalue weighted by Gasteiger charge is 2.14. The molecule has 0 bridgehead atoms. The summed E-state index contributed by atoms with van der Waals surface area (Å²) in [6.45, 7) is 3.83. The monoisotopic (exact) mass is 374 g/mol. The summed E-state index contributed by atoms with van der Waals surface area (Å²) in [6.07, 6.45) is 0. The summed E-state index contributed by atoms with van der Waals surface area (Å²) in [6, 6.07) is 11.0. The fourth-order valence-electron chi connectivity index (χ4n) is 2.73. The van der Waals surface area contributed by atoms with Crippen molar-refractivity contribution in [2.24, 2.45) is 0 Å². The van der Waals surface area contributed by atoms with E-state index in [9.17, 15) is 0 Å². The van der Waals surface area contributed by atoms with Crippen molar-refractivity contribution in [1.82, 2.24) is 0 Å². The number of ether oxygens (including phenoxy) is 5. The largest absolute Gasteiger partial charge is 0.491 e. The second kappa shape index (κ2) is 10.0. The highest BCUT2D eigenvalue weighted by atomic mass is 16.6. The number of rotatable bonds is 0. The molecule has 0 amide bonds. The van der Waals surface area contributed by atoms with Gasteiger partial charge in [-0.15, -0.1) is 0 Å². The summed E-state index contributed by atoms with van der Waals surface area (Å²) >= 11 is 0. The molecule has 0 spiro atoms. The van der Waals surface area contributed by atoms with Crippen molar-refractivity contribution in [1.29, 1.82) is 0 Å². The van der Waals surface area contributed by atoms with E-state index >= 15 is 0 Å². The Morgan fingerprint density at radius 2 is 0.889 bits per heavy atom. The lowest BCUT2D eigenvalue weighted by atomic mass is 10.0. The van der Waals surface area contributed by atoms with Crippen LogP contribution in [0.1, 0.15) is 0 Å². The van der Waals surface area contributed by atoms with E-state index in [1.165, 1.54) is 0 Å². The Kier molecular flexibility index (Phi) is 7.15. The average molecular weight is 374 g/mol.